The maximum Gasteiger partial charge on any atom is 0.226 e. The topological polar surface area (TPSA) is 49.4 Å². The molecule has 0 atom stereocenters. The Morgan fingerprint density at radius 1 is 1.12 bits per heavy atom. The molecule has 0 spiro atoms. The number of hydrogen-bond acceptors (Lipinski definition) is 2. The van der Waals surface area contributed by atoms with Gasteiger partial charge in [-0.05, 0) is 48.7 Å². The highest BCUT2D eigenvalue weighted by molar-refractivity contribution is 6.31. The standard InChI is InChI=1S/C20H23ClN2O2/c1-4-16-6-8-17(9-7-16)22-20(25)11-12-23(15(3)24)18-10-5-14(2)19(21)13-18/h5-10,13H,4,11-12H2,1-3H3,(H,22,25). The van der Waals surface area contributed by atoms with E-state index in [-0.39, 0.29) is 18.2 Å². The first-order valence-corrected chi connectivity index (χ1v) is 8.71. The van der Waals surface area contributed by atoms with Crippen molar-refractivity contribution in [2.45, 2.75) is 33.6 Å². The molecule has 0 saturated carbocycles. The fourth-order valence-electron chi connectivity index (χ4n) is 2.48. The van der Waals surface area contributed by atoms with E-state index in [9.17, 15) is 9.59 Å². The molecule has 4 nitrogen and oxygen atoms in total. The molecule has 0 radical (unpaired) electrons. The lowest BCUT2D eigenvalue weighted by atomic mass is 10.1. The number of halogens is 1. The lowest BCUT2D eigenvalue weighted by molar-refractivity contribution is -0.117. The van der Waals surface area contributed by atoms with E-state index in [1.165, 1.54) is 12.5 Å². The number of carbonyl (C=O) groups is 2. The van der Waals surface area contributed by atoms with Crippen molar-refractivity contribution in [3.05, 3.63) is 58.6 Å². The number of nitrogens with one attached hydrogen (secondary N) is 1. The van der Waals surface area contributed by atoms with Crippen molar-refractivity contribution < 1.29 is 9.59 Å². The van der Waals surface area contributed by atoms with Gasteiger partial charge in [0.15, 0.2) is 0 Å². The average Bonchev–Trinajstić information content (AvgIpc) is 2.58. The second-order valence-corrected chi connectivity index (χ2v) is 6.36. The van der Waals surface area contributed by atoms with Gasteiger partial charge in [0.05, 0.1) is 0 Å². The highest BCUT2D eigenvalue weighted by Gasteiger charge is 2.14. The Morgan fingerprint density at radius 3 is 2.36 bits per heavy atom. The van der Waals surface area contributed by atoms with Crippen molar-refractivity contribution in [2.75, 3.05) is 16.8 Å². The Bertz CT molecular complexity index is 757. The molecule has 2 aromatic carbocycles. The van der Waals surface area contributed by atoms with Gasteiger partial charge in [-0.2, -0.15) is 0 Å². The molecule has 0 saturated heterocycles. The second-order valence-electron chi connectivity index (χ2n) is 5.95. The zero-order chi connectivity index (χ0) is 18.4. The van der Waals surface area contributed by atoms with Crippen molar-refractivity contribution in [1.82, 2.24) is 0 Å². The van der Waals surface area contributed by atoms with Gasteiger partial charge in [0.2, 0.25) is 11.8 Å². The van der Waals surface area contributed by atoms with Crippen LogP contribution in [0.5, 0.6) is 0 Å². The Labute approximate surface area is 153 Å². The Hall–Kier alpha value is -2.33. The van der Waals surface area contributed by atoms with Crippen molar-refractivity contribution in [1.29, 1.82) is 0 Å². The number of benzene rings is 2. The summed E-state index contributed by atoms with van der Waals surface area (Å²) in [5, 5.41) is 3.46. The number of amides is 2. The van der Waals surface area contributed by atoms with E-state index in [0.29, 0.717) is 17.3 Å². The molecule has 0 aliphatic carbocycles. The van der Waals surface area contributed by atoms with Gasteiger partial charge in [-0.25, -0.2) is 0 Å². The van der Waals surface area contributed by atoms with Gasteiger partial charge in [0.1, 0.15) is 0 Å². The number of nitrogens with zero attached hydrogens (tertiary/aromatic N) is 1. The third kappa shape index (κ3) is 5.33. The highest BCUT2D eigenvalue weighted by Crippen LogP contribution is 2.23. The molecule has 0 aromatic heterocycles. The van der Waals surface area contributed by atoms with Gasteiger partial charge in [-0.1, -0.05) is 36.7 Å². The first kappa shape index (κ1) is 19.0. The van der Waals surface area contributed by atoms with E-state index >= 15 is 0 Å². The minimum Gasteiger partial charge on any atom is -0.326 e. The lowest BCUT2D eigenvalue weighted by Crippen LogP contribution is -2.32. The maximum atomic E-state index is 12.2. The van der Waals surface area contributed by atoms with E-state index in [4.69, 9.17) is 11.6 Å². The zero-order valence-electron chi connectivity index (χ0n) is 14.8. The molecule has 0 heterocycles. The summed E-state index contributed by atoms with van der Waals surface area (Å²) < 4.78 is 0. The molecule has 5 heteroatoms. The van der Waals surface area contributed by atoms with Crippen LogP contribution in [-0.2, 0) is 16.0 Å². The monoisotopic (exact) mass is 358 g/mol. The minimum atomic E-state index is -0.131. The summed E-state index contributed by atoms with van der Waals surface area (Å²) >= 11 is 6.14. The fourth-order valence-corrected chi connectivity index (χ4v) is 2.65. The SMILES string of the molecule is CCc1ccc(NC(=O)CCN(C(C)=O)c2ccc(C)c(Cl)c2)cc1. The van der Waals surface area contributed by atoms with E-state index in [0.717, 1.165) is 17.7 Å². The van der Waals surface area contributed by atoms with E-state index < -0.39 is 0 Å². The highest BCUT2D eigenvalue weighted by atomic mass is 35.5. The van der Waals surface area contributed by atoms with Crippen molar-refractivity contribution in [2.24, 2.45) is 0 Å². The zero-order valence-corrected chi connectivity index (χ0v) is 15.6. The predicted octanol–water partition coefficient (Wildman–Crippen LogP) is 4.59. The first-order valence-electron chi connectivity index (χ1n) is 8.33. The van der Waals surface area contributed by atoms with Crippen LogP contribution in [-0.4, -0.2) is 18.4 Å². The molecule has 0 bridgehead atoms. The summed E-state index contributed by atoms with van der Waals surface area (Å²) in [6, 6.07) is 13.2. The summed E-state index contributed by atoms with van der Waals surface area (Å²) in [5.41, 5.74) is 3.62. The summed E-state index contributed by atoms with van der Waals surface area (Å²) in [5.74, 6) is -0.256. The van der Waals surface area contributed by atoms with Crippen LogP contribution in [0.1, 0.15) is 31.4 Å². The minimum absolute atomic E-state index is 0.125. The molecule has 2 amide bonds. The molecule has 0 fully saturated rings. The normalized spacial score (nSPS) is 10.4. The smallest absolute Gasteiger partial charge is 0.226 e. The number of aryl methyl sites for hydroxylation is 2. The lowest BCUT2D eigenvalue weighted by Gasteiger charge is -2.21. The van der Waals surface area contributed by atoms with Gasteiger partial charge in [0, 0.05) is 36.3 Å². The summed E-state index contributed by atoms with van der Waals surface area (Å²) in [7, 11) is 0. The van der Waals surface area contributed by atoms with Crippen molar-refractivity contribution in [3.63, 3.8) is 0 Å². The molecular weight excluding hydrogens is 336 g/mol. The average molecular weight is 359 g/mol. The molecule has 25 heavy (non-hydrogen) atoms. The van der Waals surface area contributed by atoms with Crippen LogP contribution < -0.4 is 10.2 Å². The van der Waals surface area contributed by atoms with Gasteiger partial charge in [-0.15, -0.1) is 0 Å². The molecule has 1 N–H and O–H groups in total. The molecule has 2 rings (SSSR count). The van der Waals surface area contributed by atoms with Crippen LogP contribution in [0.2, 0.25) is 5.02 Å². The van der Waals surface area contributed by atoms with Crippen LogP contribution in [0.3, 0.4) is 0 Å². The third-order valence-corrected chi connectivity index (χ3v) is 4.46. The van der Waals surface area contributed by atoms with Crippen LogP contribution in [0, 0.1) is 6.92 Å². The molecule has 0 unspecified atom stereocenters. The molecule has 0 aliphatic heterocycles. The van der Waals surface area contributed by atoms with Crippen molar-refractivity contribution in [3.8, 4) is 0 Å². The van der Waals surface area contributed by atoms with Crippen LogP contribution in [0.25, 0.3) is 0 Å². The quantitative estimate of drug-likeness (QED) is 0.820. The Morgan fingerprint density at radius 2 is 1.80 bits per heavy atom. The molecule has 0 aliphatic rings. The largest absolute Gasteiger partial charge is 0.326 e. The number of anilines is 2. The fraction of sp³-hybridized carbons (Fsp3) is 0.300. The first-order chi connectivity index (χ1) is 11.9. The predicted molar refractivity (Wildman–Crippen MR) is 103 cm³/mol. The summed E-state index contributed by atoms with van der Waals surface area (Å²) in [6.07, 6.45) is 1.17. The molecule has 2 aromatic rings. The van der Waals surface area contributed by atoms with Crippen molar-refractivity contribution >= 4 is 34.8 Å². The van der Waals surface area contributed by atoms with Gasteiger partial charge < -0.3 is 10.2 Å². The summed E-state index contributed by atoms with van der Waals surface area (Å²) in [4.78, 5) is 25.7. The van der Waals surface area contributed by atoms with E-state index in [1.807, 2.05) is 43.3 Å². The second kappa shape index (κ2) is 8.67. The Kier molecular flexibility index (Phi) is 6.59. The maximum absolute atomic E-state index is 12.2. The Balaban J connectivity index is 1.99. The summed E-state index contributed by atoms with van der Waals surface area (Å²) in [6.45, 7) is 5.77. The van der Waals surface area contributed by atoms with Crippen LogP contribution in [0.4, 0.5) is 11.4 Å². The van der Waals surface area contributed by atoms with E-state index in [2.05, 4.69) is 12.2 Å². The van der Waals surface area contributed by atoms with Crippen LogP contribution >= 0.6 is 11.6 Å². The molecular formula is C20H23ClN2O2. The number of carbonyl (C=O) groups excluding carboxylic acids is 2. The number of rotatable bonds is 6. The van der Waals surface area contributed by atoms with Crippen LogP contribution in [0.15, 0.2) is 42.5 Å². The van der Waals surface area contributed by atoms with Gasteiger partial charge >= 0.3 is 0 Å². The molecule has 132 valence electrons. The van der Waals surface area contributed by atoms with Gasteiger partial charge in [0.25, 0.3) is 0 Å². The third-order valence-electron chi connectivity index (χ3n) is 4.06. The van der Waals surface area contributed by atoms with E-state index in [1.54, 1.807) is 11.0 Å². The number of hydrogen-bond donors (Lipinski definition) is 1. The van der Waals surface area contributed by atoms with Gasteiger partial charge in [-0.3, -0.25) is 9.59 Å².